The lowest BCUT2D eigenvalue weighted by Crippen LogP contribution is -2.15. The molecule has 2 N–H and O–H groups in total. The molecule has 0 bridgehead atoms. The maximum atomic E-state index is 11.1. The fourth-order valence-corrected chi connectivity index (χ4v) is 4.00. The van der Waals surface area contributed by atoms with Crippen molar-refractivity contribution in [1.82, 2.24) is 19.9 Å². The molecule has 0 spiro atoms. The van der Waals surface area contributed by atoms with Crippen molar-refractivity contribution in [3.05, 3.63) is 65.7 Å². The Labute approximate surface area is 175 Å². The molecule has 0 unspecified atom stereocenters. The molecule has 0 atom stereocenters. The lowest BCUT2D eigenvalue weighted by molar-refractivity contribution is -0.124. The minimum absolute atomic E-state index is 0.544. The zero-order valence-corrected chi connectivity index (χ0v) is 17.5. The van der Waals surface area contributed by atoms with Crippen LogP contribution >= 0.6 is 11.8 Å². The summed E-state index contributed by atoms with van der Waals surface area (Å²) in [6, 6.07) is 16.3. The van der Waals surface area contributed by atoms with Crippen molar-refractivity contribution >= 4 is 34.8 Å². The van der Waals surface area contributed by atoms with Crippen LogP contribution in [-0.2, 0) is 17.1 Å². The fraction of sp³-hybridized carbons (Fsp3) is 0.273. The van der Waals surface area contributed by atoms with Gasteiger partial charge in [0.15, 0.2) is 5.16 Å². The highest BCUT2D eigenvalue weighted by Gasteiger charge is 2.11. The Kier molecular flexibility index (Phi) is 7.46. The predicted octanol–water partition coefficient (Wildman–Crippen LogP) is 3.80. The molecule has 1 aromatic heterocycles. The van der Waals surface area contributed by atoms with Crippen LogP contribution in [0.15, 0.2) is 59.8 Å². The van der Waals surface area contributed by atoms with Crippen LogP contribution in [0.5, 0.6) is 0 Å². The number of thioether (sulfide) groups is 1. The Morgan fingerprint density at radius 3 is 2.69 bits per heavy atom. The number of carbonyl (C=O) groups excluding carboxylic acids is 1. The number of aryl methyl sites for hydroxylation is 1. The van der Waals surface area contributed by atoms with E-state index in [0.29, 0.717) is 0 Å². The molecule has 0 fully saturated rings. The molecule has 0 aliphatic heterocycles. The second kappa shape index (κ2) is 10.2. The van der Waals surface area contributed by atoms with Crippen LogP contribution in [0.25, 0.3) is 17.1 Å². The van der Waals surface area contributed by atoms with E-state index in [1.54, 1.807) is 23.3 Å². The van der Waals surface area contributed by atoms with E-state index in [0.717, 1.165) is 41.5 Å². The fourth-order valence-electron chi connectivity index (χ4n) is 3.01. The lowest BCUT2D eigenvalue weighted by Gasteiger charge is -2.12. The van der Waals surface area contributed by atoms with Crippen LogP contribution in [-0.4, -0.2) is 46.2 Å². The summed E-state index contributed by atoms with van der Waals surface area (Å²) < 4.78 is 2.31. The summed E-state index contributed by atoms with van der Waals surface area (Å²) >= 11 is 1.74. The van der Waals surface area contributed by atoms with Crippen LogP contribution in [0, 0.1) is 0 Å². The number of para-hydroxylation sites is 2. The van der Waals surface area contributed by atoms with E-state index in [-0.39, 0.29) is 0 Å². The molecule has 3 aromatic rings. The first-order chi connectivity index (χ1) is 14.1. The summed E-state index contributed by atoms with van der Waals surface area (Å²) in [7, 11) is 4.19. The molecular weight excluding hydrogens is 384 g/mol. The van der Waals surface area contributed by atoms with Gasteiger partial charge >= 0.3 is 0 Å². The van der Waals surface area contributed by atoms with Crippen LogP contribution < -0.4 is 5.48 Å². The number of hydroxylamine groups is 1. The number of hydrogen-bond acceptors (Lipinski definition) is 5. The van der Waals surface area contributed by atoms with Gasteiger partial charge in [0.1, 0.15) is 0 Å². The van der Waals surface area contributed by atoms with E-state index in [4.69, 9.17) is 10.2 Å². The molecule has 3 rings (SSSR count). The van der Waals surface area contributed by atoms with Gasteiger partial charge in [-0.25, -0.2) is 10.5 Å². The van der Waals surface area contributed by atoms with Crippen molar-refractivity contribution in [2.24, 2.45) is 0 Å². The van der Waals surface area contributed by atoms with E-state index in [9.17, 15) is 4.79 Å². The SMILES string of the molecule is CN(C)CCCn1c(SCc2ccc(/C=C/C(=O)NO)cc2)nc2ccccc21. The van der Waals surface area contributed by atoms with Gasteiger partial charge in [0, 0.05) is 18.4 Å². The molecule has 152 valence electrons. The summed E-state index contributed by atoms with van der Waals surface area (Å²) in [6.45, 7) is 1.98. The standard InChI is InChI=1S/C22H26N4O2S/c1-25(2)14-5-15-26-20-7-4-3-6-19(20)23-22(26)29-16-18-10-8-17(9-11-18)12-13-21(27)24-28/h3-4,6-13,28H,5,14-16H2,1-2H3,(H,24,27)/b13-12+. The van der Waals surface area contributed by atoms with E-state index in [1.807, 2.05) is 30.3 Å². The number of hydrogen-bond donors (Lipinski definition) is 2. The quantitative estimate of drug-likeness (QED) is 0.243. The molecule has 0 aliphatic rings. The molecule has 29 heavy (non-hydrogen) atoms. The highest BCUT2D eigenvalue weighted by atomic mass is 32.2. The third kappa shape index (κ3) is 5.93. The van der Waals surface area contributed by atoms with Gasteiger partial charge in [-0.05, 0) is 56.4 Å². The zero-order valence-electron chi connectivity index (χ0n) is 16.7. The number of carbonyl (C=O) groups is 1. The highest BCUT2D eigenvalue weighted by Crippen LogP contribution is 2.27. The second-order valence-corrected chi connectivity index (χ2v) is 7.97. The summed E-state index contributed by atoms with van der Waals surface area (Å²) in [5, 5.41) is 9.56. The highest BCUT2D eigenvalue weighted by molar-refractivity contribution is 7.98. The van der Waals surface area contributed by atoms with Crippen LogP contribution in [0.3, 0.4) is 0 Å². The van der Waals surface area contributed by atoms with E-state index < -0.39 is 5.91 Å². The molecule has 6 nitrogen and oxygen atoms in total. The predicted molar refractivity (Wildman–Crippen MR) is 118 cm³/mol. The van der Waals surface area contributed by atoms with E-state index in [2.05, 4.69) is 41.8 Å². The van der Waals surface area contributed by atoms with Crippen LogP contribution in [0.1, 0.15) is 17.5 Å². The Balaban J connectivity index is 1.69. The third-order valence-electron chi connectivity index (χ3n) is 4.49. The normalized spacial score (nSPS) is 11.6. The van der Waals surface area contributed by atoms with Gasteiger partial charge in [0.2, 0.25) is 0 Å². The van der Waals surface area contributed by atoms with E-state index >= 15 is 0 Å². The summed E-state index contributed by atoms with van der Waals surface area (Å²) in [5.41, 5.74) is 5.88. The van der Waals surface area contributed by atoms with Crippen molar-refractivity contribution in [2.75, 3.05) is 20.6 Å². The average molecular weight is 411 g/mol. The van der Waals surface area contributed by atoms with Gasteiger partial charge in [0.05, 0.1) is 11.0 Å². The molecule has 0 radical (unpaired) electrons. The molecule has 1 amide bonds. The number of nitrogens with zero attached hydrogens (tertiary/aromatic N) is 3. The second-order valence-electron chi connectivity index (χ2n) is 7.03. The Morgan fingerprint density at radius 1 is 1.21 bits per heavy atom. The number of rotatable bonds is 9. The van der Waals surface area contributed by atoms with Crippen molar-refractivity contribution in [3.63, 3.8) is 0 Å². The monoisotopic (exact) mass is 410 g/mol. The number of imidazole rings is 1. The number of aromatic nitrogens is 2. The van der Waals surface area contributed by atoms with Gasteiger partial charge in [-0.3, -0.25) is 10.0 Å². The Hall–Kier alpha value is -2.61. The molecule has 7 heteroatoms. The maximum Gasteiger partial charge on any atom is 0.267 e. The largest absolute Gasteiger partial charge is 0.319 e. The topological polar surface area (TPSA) is 70.4 Å². The molecule has 0 saturated carbocycles. The van der Waals surface area contributed by atoms with Crippen molar-refractivity contribution in [3.8, 4) is 0 Å². The first kappa shape index (κ1) is 21.1. The Bertz CT molecular complexity index is 980. The van der Waals surface area contributed by atoms with Gasteiger partial charge in [-0.1, -0.05) is 48.2 Å². The third-order valence-corrected chi connectivity index (χ3v) is 5.54. The minimum atomic E-state index is -0.544. The lowest BCUT2D eigenvalue weighted by atomic mass is 10.1. The molecular formula is C22H26N4O2S. The first-order valence-corrected chi connectivity index (χ1v) is 10.5. The summed E-state index contributed by atoms with van der Waals surface area (Å²) in [5.74, 6) is 0.274. The van der Waals surface area contributed by atoms with Crippen molar-refractivity contribution in [2.45, 2.75) is 23.9 Å². The maximum absolute atomic E-state index is 11.1. The van der Waals surface area contributed by atoms with Gasteiger partial charge in [-0.15, -0.1) is 0 Å². The van der Waals surface area contributed by atoms with E-state index in [1.165, 1.54) is 17.2 Å². The van der Waals surface area contributed by atoms with Crippen LogP contribution in [0.4, 0.5) is 0 Å². The number of amides is 1. The first-order valence-electron chi connectivity index (χ1n) is 9.50. The number of benzene rings is 2. The summed E-state index contributed by atoms with van der Waals surface area (Å²) in [4.78, 5) is 18.1. The van der Waals surface area contributed by atoms with Crippen molar-refractivity contribution < 1.29 is 10.0 Å². The zero-order chi connectivity index (χ0) is 20.6. The van der Waals surface area contributed by atoms with Crippen molar-refractivity contribution in [1.29, 1.82) is 0 Å². The molecule has 0 saturated heterocycles. The minimum Gasteiger partial charge on any atom is -0.319 e. The Morgan fingerprint density at radius 2 is 1.97 bits per heavy atom. The number of fused-ring (bicyclic) bond motifs is 1. The van der Waals surface area contributed by atoms with Crippen LogP contribution in [0.2, 0.25) is 0 Å². The molecule has 2 aromatic carbocycles. The van der Waals surface area contributed by atoms with Gasteiger partial charge < -0.3 is 9.47 Å². The number of nitrogens with one attached hydrogen (secondary N) is 1. The van der Waals surface area contributed by atoms with Gasteiger partial charge in [0.25, 0.3) is 5.91 Å². The molecule has 0 aliphatic carbocycles. The average Bonchev–Trinajstić information content (AvgIpc) is 3.08. The molecule has 1 heterocycles. The van der Waals surface area contributed by atoms with Gasteiger partial charge in [-0.2, -0.15) is 0 Å². The summed E-state index contributed by atoms with van der Waals surface area (Å²) in [6.07, 6.45) is 4.02. The smallest absolute Gasteiger partial charge is 0.267 e.